The van der Waals surface area contributed by atoms with E-state index in [9.17, 15) is 0 Å². The summed E-state index contributed by atoms with van der Waals surface area (Å²) in [5, 5.41) is 0. The van der Waals surface area contributed by atoms with E-state index in [1.165, 1.54) is 0 Å². The largest absolute Gasteiger partial charge is 0.491 e. The van der Waals surface area contributed by atoms with Crippen LogP contribution in [-0.4, -0.2) is 31.9 Å². The highest BCUT2D eigenvalue weighted by molar-refractivity contribution is 5.60. The van der Waals surface area contributed by atoms with Crippen molar-refractivity contribution in [2.75, 3.05) is 30.3 Å². The fraction of sp³-hybridized carbons (Fsp3) is 0.625. The molecule has 0 amide bonds. The molecule has 0 radical (unpaired) electrons. The third-order valence-electron chi connectivity index (χ3n) is 3.43. The SMILES string of the molecule is CCOC1CCCN(c2cc(N)cc(OC(C)C)c2)C1. The Morgan fingerprint density at radius 2 is 2.15 bits per heavy atom. The van der Waals surface area contributed by atoms with Crippen LogP contribution < -0.4 is 15.4 Å². The minimum atomic E-state index is 0.155. The van der Waals surface area contributed by atoms with E-state index >= 15 is 0 Å². The Labute approximate surface area is 121 Å². The van der Waals surface area contributed by atoms with E-state index in [4.69, 9.17) is 15.2 Å². The lowest BCUT2D eigenvalue weighted by Crippen LogP contribution is -2.39. The van der Waals surface area contributed by atoms with Crippen LogP contribution >= 0.6 is 0 Å². The molecule has 4 heteroatoms. The van der Waals surface area contributed by atoms with E-state index in [1.807, 2.05) is 32.9 Å². The molecule has 1 aromatic carbocycles. The Morgan fingerprint density at radius 3 is 2.85 bits per heavy atom. The average Bonchev–Trinajstić information content (AvgIpc) is 2.38. The van der Waals surface area contributed by atoms with Crippen molar-refractivity contribution in [2.24, 2.45) is 0 Å². The Kier molecular flexibility index (Phi) is 5.12. The second-order valence-electron chi connectivity index (χ2n) is 5.59. The van der Waals surface area contributed by atoms with Gasteiger partial charge >= 0.3 is 0 Å². The van der Waals surface area contributed by atoms with Crippen molar-refractivity contribution >= 4 is 11.4 Å². The molecule has 1 aliphatic heterocycles. The number of nitrogen functional groups attached to an aromatic ring is 1. The molecule has 112 valence electrons. The fourth-order valence-corrected chi connectivity index (χ4v) is 2.67. The number of nitrogens with zero attached hydrogens (tertiary/aromatic N) is 1. The molecule has 1 saturated heterocycles. The van der Waals surface area contributed by atoms with Crippen LogP contribution in [0.25, 0.3) is 0 Å². The van der Waals surface area contributed by atoms with Gasteiger partial charge in [0.05, 0.1) is 12.2 Å². The monoisotopic (exact) mass is 278 g/mol. The van der Waals surface area contributed by atoms with Crippen LogP contribution in [0.15, 0.2) is 18.2 Å². The van der Waals surface area contributed by atoms with Crippen LogP contribution in [0.2, 0.25) is 0 Å². The molecule has 1 unspecified atom stereocenters. The highest BCUT2D eigenvalue weighted by Crippen LogP contribution is 2.28. The van der Waals surface area contributed by atoms with E-state index in [0.717, 1.165) is 49.7 Å². The van der Waals surface area contributed by atoms with Gasteiger partial charge in [-0.3, -0.25) is 0 Å². The Hall–Kier alpha value is -1.42. The van der Waals surface area contributed by atoms with E-state index < -0.39 is 0 Å². The molecule has 1 aromatic rings. The van der Waals surface area contributed by atoms with Gasteiger partial charge in [-0.05, 0) is 39.7 Å². The topological polar surface area (TPSA) is 47.7 Å². The van der Waals surface area contributed by atoms with Gasteiger partial charge in [-0.15, -0.1) is 0 Å². The summed E-state index contributed by atoms with van der Waals surface area (Å²) in [6, 6.07) is 5.97. The summed E-state index contributed by atoms with van der Waals surface area (Å²) in [6.07, 6.45) is 2.77. The van der Waals surface area contributed by atoms with Crippen molar-refractivity contribution in [2.45, 2.75) is 45.8 Å². The first-order chi connectivity index (χ1) is 9.58. The van der Waals surface area contributed by atoms with Crippen molar-refractivity contribution in [3.8, 4) is 5.75 Å². The zero-order chi connectivity index (χ0) is 14.5. The molecule has 1 aliphatic rings. The summed E-state index contributed by atoms with van der Waals surface area (Å²) < 4.78 is 11.5. The number of nitrogens with two attached hydrogens (primary N) is 1. The quantitative estimate of drug-likeness (QED) is 0.841. The summed E-state index contributed by atoms with van der Waals surface area (Å²) in [6.45, 7) is 8.85. The number of benzene rings is 1. The summed E-state index contributed by atoms with van der Waals surface area (Å²) >= 11 is 0. The van der Waals surface area contributed by atoms with Gasteiger partial charge in [-0.1, -0.05) is 0 Å². The van der Waals surface area contributed by atoms with Crippen LogP contribution in [0.4, 0.5) is 11.4 Å². The highest BCUT2D eigenvalue weighted by Gasteiger charge is 2.21. The molecule has 2 N–H and O–H groups in total. The summed E-state index contributed by atoms with van der Waals surface area (Å²) in [5.74, 6) is 0.841. The molecule has 2 rings (SSSR count). The van der Waals surface area contributed by atoms with Crippen LogP contribution in [0.5, 0.6) is 5.75 Å². The third kappa shape index (κ3) is 4.04. The van der Waals surface area contributed by atoms with E-state index in [-0.39, 0.29) is 6.10 Å². The molecule has 1 heterocycles. The first-order valence-electron chi connectivity index (χ1n) is 7.52. The number of hydrogen-bond acceptors (Lipinski definition) is 4. The van der Waals surface area contributed by atoms with Crippen LogP contribution in [0.1, 0.15) is 33.6 Å². The molecular formula is C16H26N2O2. The number of ether oxygens (including phenoxy) is 2. The van der Waals surface area contributed by atoms with Crippen molar-refractivity contribution in [3.05, 3.63) is 18.2 Å². The zero-order valence-corrected chi connectivity index (χ0v) is 12.8. The lowest BCUT2D eigenvalue weighted by Gasteiger charge is -2.34. The zero-order valence-electron chi connectivity index (χ0n) is 12.8. The maximum atomic E-state index is 6.00. The van der Waals surface area contributed by atoms with Crippen LogP contribution in [0, 0.1) is 0 Å². The van der Waals surface area contributed by atoms with Crippen molar-refractivity contribution in [1.29, 1.82) is 0 Å². The van der Waals surface area contributed by atoms with Gasteiger partial charge in [0, 0.05) is 43.2 Å². The first kappa shape index (κ1) is 15.0. The molecule has 1 fully saturated rings. The molecule has 4 nitrogen and oxygen atoms in total. The molecule has 20 heavy (non-hydrogen) atoms. The standard InChI is InChI=1S/C16H26N2O2/c1-4-19-15-6-5-7-18(11-15)14-8-13(17)9-16(10-14)20-12(2)3/h8-10,12,15H,4-7,11,17H2,1-3H3. The maximum absolute atomic E-state index is 6.00. The minimum absolute atomic E-state index is 0.155. The van der Waals surface area contributed by atoms with Gasteiger partial charge < -0.3 is 20.1 Å². The van der Waals surface area contributed by atoms with E-state index in [1.54, 1.807) is 0 Å². The van der Waals surface area contributed by atoms with Crippen LogP contribution in [0.3, 0.4) is 0 Å². The molecule has 1 atom stereocenters. The molecule has 0 aromatic heterocycles. The van der Waals surface area contributed by atoms with Gasteiger partial charge in [-0.2, -0.15) is 0 Å². The normalized spacial score (nSPS) is 19.4. The highest BCUT2D eigenvalue weighted by atomic mass is 16.5. The van der Waals surface area contributed by atoms with Crippen LogP contribution in [-0.2, 0) is 4.74 Å². The van der Waals surface area contributed by atoms with Crippen molar-refractivity contribution < 1.29 is 9.47 Å². The molecule has 0 spiro atoms. The number of piperidine rings is 1. The predicted molar refractivity (Wildman–Crippen MR) is 83.5 cm³/mol. The smallest absolute Gasteiger partial charge is 0.123 e. The second-order valence-corrected chi connectivity index (χ2v) is 5.59. The molecule has 0 aliphatic carbocycles. The van der Waals surface area contributed by atoms with E-state index in [2.05, 4.69) is 11.0 Å². The van der Waals surface area contributed by atoms with Gasteiger partial charge in [-0.25, -0.2) is 0 Å². The lowest BCUT2D eigenvalue weighted by atomic mass is 10.1. The fourth-order valence-electron chi connectivity index (χ4n) is 2.67. The number of hydrogen-bond donors (Lipinski definition) is 1. The van der Waals surface area contributed by atoms with Crippen molar-refractivity contribution in [1.82, 2.24) is 0 Å². The van der Waals surface area contributed by atoms with Gasteiger partial charge in [0.1, 0.15) is 5.75 Å². The minimum Gasteiger partial charge on any atom is -0.491 e. The van der Waals surface area contributed by atoms with Gasteiger partial charge in [0.15, 0.2) is 0 Å². The lowest BCUT2D eigenvalue weighted by molar-refractivity contribution is 0.0526. The third-order valence-corrected chi connectivity index (χ3v) is 3.43. The Bertz CT molecular complexity index is 432. The molecule has 0 saturated carbocycles. The summed E-state index contributed by atoms with van der Waals surface area (Å²) in [4.78, 5) is 2.34. The van der Waals surface area contributed by atoms with Gasteiger partial charge in [0.25, 0.3) is 0 Å². The number of rotatable bonds is 5. The summed E-state index contributed by atoms with van der Waals surface area (Å²) in [5.41, 5.74) is 7.87. The van der Waals surface area contributed by atoms with Gasteiger partial charge in [0.2, 0.25) is 0 Å². The Morgan fingerprint density at radius 1 is 1.35 bits per heavy atom. The maximum Gasteiger partial charge on any atom is 0.123 e. The molecule has 0 bridgehead atoms. The van der Waals surface area contributed by atoms with Crippen molar-refractivity contribution in [3.63, 3.8) is 0 Å². The number of anilines is 2. The molecular weight excluding hydrogens is 252 g/mol. The summed E-state index contributed by atoms with van der Waals surface area (Å²) in [7, 11) is 0. The Balaban J connectivity index is 2.12. The second kappa shape index (κ2) is 6.84. The average molecular weight is 278 g/mol. The van der Waals surface area contributed by atoms with E-state index in [0.29, 0.717) is 6.10 Å². The predicted octanol–water partition coefficient (Wildman–Crippen LogP) is 3.06. The first-order valence-corrected chi connectivity index (χ1v) is 7.52.